The summed E-state index contributed by atoms with van der Waals surface area (Å²) < 4.78 is 5.24. The van der Waals surface area contributed by atoms with Gasteiger partial charge in [-0.15, -0.1) is 0 Å². The molecule has 1 aliphatic heterocycles. The predicted octanol–water partition coefficient (Wildman–Crippen LogP) is 2.80. The monoisotopic (exact) mass is 374 g/mol. The van der Waals surface area contributed by atoms with Gasteiger partial charge in [0, 0.05) is 6.42 Å². The number of hydrogen-bond donors (Lipinski definition) is 1. The second-order valence-electron chi connectivity index (χ2n) is 6.53. The van der Waals surface area contributed by atoms with Crippen molar-refractivity contribution in [2.75, 3.05) is 0 Å². The SMILES string of the molecule is O=C(NCc1ccco1)[C@H](Cc1ccccc1)N1C(=O)c2ccccc2C1=O. The third kappa shape index (κ3) is 3.32. The molecule has 0 unspecified atom stereocenters. The molecule has 0 bridgehead atoms. The molecule has 1 aromatic heterocycles. The number of hydrogen-bond acceptors (Lipinski definition) is 4. The molecule has 6 nitrogen and oxygen atoms in total. The van der Waals surface area contributed by atoms with E-state index in [9.17, 15) is 14.4 Å². The summed E-state index contributed by atoms with van der Waals surface area (Å²) in [6.45, 7) is 0.181. The van der Waals surface area contributed by atoms with Crippen molar-refractivity contribution in [3.05, 3.63) is 95.4 Å². The normalized spacial score (nSPS) is 14.1. The third-order valence-corrected chi connectivity index (χ3v) is 4.73. The van der Waals surface area contributed by atoms with Crippen LogP contribution < -0.4 is 5.32 Å². The van der Waals surface area contributed by atoms with Gasteiger partial charge in [0.05, 0.1) is 23.9 Å². The average Bonchev–Trinajstić information content (AvgIpc) is 3.33. The molecule has 0 aliphatic carbocycles. The van der Waals surface area contributed by atoms with Gasteiger partial charge in [-0.1, -0.05) is 42.5 Å². The lowest BCUT2D eigenvalue weighted by Gasteiger charge is -2.25. The Hall–Kier alpha value is -3.67. The van der Waals surface area contributed by atoms with E-state index in [0.717, 1.165) is 10.5 Å². The number of nitrogens with zero attached hydrogens (tertiary/aromatic N) is 1. The van der Waals surface area contributed by atoms with Crippen molar-refractivity contribution in [3.8, 4) is 0 Å². The van der Waals surface area contributed by atoms with E-state index in [4.69, 9.17) is 4.42 Å². The third-order valence-electron chi connectivity index (χ3n) is 4.73. The molecule has 2 aromatic carbocycles. The summed E-state index contributed by atoms with van der Waals surface area (Å²) in [4.78, 5) is 39.8. The summed E-state index contributed by atoms with van der Waals surface area (Å²) in [7, 11) is 0. The number of fused-ring (bicyclic) bond motifs is 1. The van der Waals surface area contributed by atoms with Gasteiger partial charge < -0.3 is 9.73 Å². The zero-order valence-electron chi connectivity index (χ0n) is 15.0. The Morgan fingerprint density at radius 3 is 2.14 bits per heavy atom. The molecule has 6 heteroatoms. The second-order valence-corrected chi connectivity index (χ2v) is 6.53. The molecule has 0 saturated carbocycles. The molecule has 1 aliphatic rings. The van der Waals surface area contributed by atoms with Crippen LogP contribution in [0.2, 0.25) is 0 Å². The Morgan fingerprint density at radius 2 is 1.54 bits per heavy atom. The Kier molecular flexibility index (Phi) is 4.76. The second kappa shape index (κ2) is 7.52. The average molecular weight is 374 g/mol. The summed E-state index contributed by atoms with van der Waals surface area (Å²) >= 11 is 0. The fraction of sp³-hybridized carbons (Fsp3) is 0.136. The van der Waals surface area contributed by atoms with Crippen molar-refractivity contribution in [2.45, 2.75) is 19.0 Å². The van der Waals surface area contributed by atoms with Crippen LogP contribution in [0.25, 0.3) is 0 Å². The van der Waals surface area contributed by atoms with Gasteiger partial charge in [-0.25, -0.2) is 0 Å². The van der Waals surface area contributed by atoms with E-state index in [1.807, 2.05) is 30.3 Å². The number of amides is 3. The van der Waals surface area contributed by atoms with Crippen molar-refractivity contribution < 1.29 is 18.8 Å². The quantitative estimate of drug-likeness (QED) is 0.673. The van der Waals surface area contributed by atoms with Gasteiger partial charge in [-0.05, 0) is 29.8 Å². The number of nitrogens with one attached hydrogen (secondary N) is 1. The number of rotatable bonds is 6. The number of imide groups is 1. The fourth-order valence-electron chi connectivity index (χ4n) is 3.33. The van der Waals surface area contributed by atoms with E-state index >= 15 is 0 Å². The van der Waals surface area contributed by atoms with Gasteiger partial charge in [-0.3, -0.25) is 19.3 Å². The summed E-state index contributed by atoms with van der Waals surface area (Å²) in [5.74, 6) is -0.715. The number of carbonyl (C=O) groups excluding carboxylic acids is 3. The number of carbonyl (C=O) groups is 3. The van der Waals surface area contributed by atoms with E-state index in [1.54, 1.807) is 36.4 Å². The highest BCUT2D eigenvalue weighted by atomic mass is 16.3. The van der Waals surface area contributed by atoms with Crippen molar-refractivity contribution >= 4 is 17.7 Å². The minimum absolute atomic E-state index is 0.181. The van der Waals surface area contributed by atoms with Crippen LogP contribution >= 0.6 is 0 Å². The van der Waals surface area contributed by atoms with Gasteiger partial charge in [0.2, 0.25) is 5.91 Å². The van der Waals surface area contributed by atoms with Crippen LogP contribution in [-0.4, -0.2) is 28.7 Å². The number of furan rings is 1. The smallest absolute Gasteiger partial charge is 0.262 e. The first kappa shape index (κ1) is 17.7. The molecule has 1 atom stereocenters. The first-order valence-electron chi connectivity index (χ1n) is 8.96. The molecule has 28 heavy (non-hydrogen) atoms. The maximum atomic E-state index is 13.0. The van der Waals surface area contributed by atoms with Crippen LogP contribution in [0.5, 0.6) is 0 Å². The van der Waals surface area contributed by atoms with Gasteiger partial charge in [0.1, 0.15) is 11.8 Å². The molecule has 0 radical (unpaired) electrons. The first-order chi connectivity index (χ1) is 13.6. The zero-order chi connectivity index (χ0) is 19.5. The highest BCUT2D eigenvalue weighted by molar-refractivity contribution is 6.22. The Morgan fingerprint density at radius 1 is 0.893 bits per heavy atom. The first-order valence-corrected chi connectivity index (χ1v) is 8.96. The van der Waals surface area contributed by atoms with Crippen LogP contribution in [0, 0.1) is 0 Å². The molecule has 140 valence electrons. The minimum Gasteiger partial charge on any atom is -0.467 e. The maximum absolute atomic E-state index is 13.0. The highest BCUT2D eigenvalue weighted by Gasteiger charge is 2.42. The highest BCUT2D eigenvalue weighted by Crippen LogP contribution is 2.26. The molecule has 0 spiro atoms. The van der Waals surface area contributed by atoms with Crippen molar-refractivity contribution in [2.24, 2.45) is 0 Å². The van der Waals surface area contributed by atoms with E-state index < -0.39 is 23.8 Å². The van der Waals surface area contributed by atoms with Gasteiger partial charge in [0.25, 0.3) is 11.8 Å². The molecular weight excluding hydrogens is 356 g/mol. The van der Waals surface area contributed by atoms with E-state index in [-0.39, 0.29) is 13.0 Å². The molecule has 3 amide bonds. The predicted molar refractivity (Wildman–Crippen MR) is 101 cm³/mol. The van der Waals surface area contributed by atoms with Crippen molar-refractivity contribution in [1.29, 1.82) is 0 Å². The van der Waals surface area contributed by atoms with Crippen LogP contribution in [0.3, 0.4) is 0 Å². The summed E-state index contributed by atoms with van der Waals surface area (Å²) in [6, 6.07) is 18.5. The maximum Gasteiger partial charge on any atom is 0.262 e. The molecule has 3 aromatic rings. The largest absolute Gasteiger partial charge is 0.467 e. The minimum atomic E-state index is -0.954. The van der Waals surface area contributed by atoms with Gasteiger partial charge in [0.15, 0.2) is 0 Å². The van der Waals surface area contributed by atoms with E-state index in [1.165, 1.54) is 6.26 Å². The molecular formula is C22H18N2O4. The summed E-state index contributed by atoms with van der Waals surface area (Å²) in [6.07, 6.45) is 1.75. The van der Waals surface area contributed by atoms with E-state index in [0.29, 0.717) is 16.9 Å². The Labute approximate surface area is 161 Å². The van der Waals surface area contributed by atoms with Crippen LogP contribution in [0.4, 0.5) is 0 Å². The lowest BCUT2D eigenvalue weighted by Crippen LogP contribution is -2.50. The topological polar surface area (TPSA) is 79.6 Å². The summed E-state index contributed by atoms with van der Waals surface area (Å²) in [5.41, 5.74) is 1.51. The Bertz CT molecular complexity index is 977. The molecule has 2 heterocycles. The molecule has 0 fully saturated rings. The van der Waals surface area contributed by atoms with Gasteiger partial charge in [-0.2, -0.15) is 0 Å². The lowest BCUT2D eigenvalue weighted by molar-refractivity contribution is -0.125. The molecule has 4 rings (SSSR count). The fourth-order valence-corrected chi connectivity index (χ4v) is 3.33. The summed E-state index contributed by atoms with van der Waals surface area (Å²) in [5, 5.41) is 2.77. The lowest BCUT2D eigenvalue weighted by atomic mass is 10.0. The van der Waals surface area contributed by atoms with Crippen LogP contribution in [-0.2, 0) is 17.8 Å². The standard InChI is InChI=1S/C22H18N2O4/c25-20(23-14-16-9-6-12-28-16)19(13-15-7-2-1-3-8-15)24-21(26)17-10-4-5-11-18(17)22(24)27/h1-12,19H,13-14H2,(H,23,25)/t19-/m0/s1. The van der Waals surface area contributed by atoms with Crippen LogP contribution in [0.15, 0.2) is 77.4 Å². The number of benzene rings is 2. The van der Waals surface area contributed by atoms with Crippen molar-refractivity contribution in [1.82, 2.24) is 10.2 Å². The van der Waals surface area contributed by atoms with Gasteiger partial charge >= 0.3 is 0 Å². The molecule has 0 saturated heterocycles. The van der Waals surface area contributed by atoms with Crippen molar-refractivity contribution in [3.63, 3.8) is 0 Å². The Balaban J connectivity index is 1.62. The van der Waals surface area contributed by atoms with E-state index in [2.05, 4.69) is 5.32 Å². The zero-order valence-corrected chi connectivity index (χ0v) is 15.0. The van der Waals surface area contributed by atoms with Crippen LogP contribution in [0.1, 0.15) is 32.0 Å². The molecule has 1 N–H and O–H groups in total.